The number of hydrogen-bond acceptors (Lipinski definition) is 4. The maximum absolute atomic E-state index is 11.7. The Morgan fingerprint density at radius 2 is 2.22 bits per heavy atom. The molecule has 5 nitrogen and oxygen atoms in total. The number of halogens is 1. The first-order chi connectivity index (χ1) is 8.41. The molecule has 0 radical (unpaired) electrons. The van der Waals surface area contributed by atoms with E-state index in [2.05, 4.69) is 40.1 Å². The summed E-state index contributed by atoms with van der Waals surface area (Å²) in [6, 6.07) is 0. The van der Waals surface area contributed by atoms with Crippen LogP contribution in [0.25, 0.3) is 0 Å². The summed E-state index contributed by atoms with van der Waals surface area (Å²) in [6.45, 7) is 5.06. The number of anilines is 2. The molecule has 0 aliphatic rings. The van der Waals surface area contributed by atoms with Gasteiger partial charge in [-0.1, -0.05) is 13.8 Å². The van der Waals surface area contributed by atoms with E-state index in [1.807, 2.05) is 7.05 Å². The van der Waals surface area contributed by atoms with E-state index in [0.29, 0.717) is 18.2 Å². The van der Waals surface area contributed by atoms with Crippen molar-refractivity contribution in [2.75, 3.05) is 30.8 Å². The Hall–Kier alpha value is -1.30. The third-order valence-electron chi connectivity index (χ3n) is 2.37. The van der Waals surface area contributed by atoms with Crippen LogP contribution in [0.3, 0.4) is 0 Å². The molecule has 100 valence electrons. The molecule has 1 amide bonds. The zero-order valence-electron chi connectivity index (χ0n) is 10.9. The minimum Gasteiger partial charge on any atom is -0.396 e. The van der Waals surface area contributed by atoms with Crippen molar-refractivity contribution in [2.45, 2.75) is 13.8 Å². The van der Waals surface area contributed by atoms with Crippen molar-refractivity contribution in [3.8, 4) is 0 Å². The lowest BCUT2D eigenvalue weighted by molar-refractivity contribution is -0.119. The minimum absolute atomic E-state index is 0.0192. The van der Waals surface area contributed by atoms with Crippen molar-refractivity contribution in [3.63, 3.8) is 0 Å². The first kappa shape index (κ1) is 14.8. The number of nitrogens with one attached hydrogen (secondary N) is 1. The van der Waals surface area contributed by atoms with Crippen LogP contribution < -0.4 is 16.0 Å². The molecule has 0 spiro atoms. The van der Waals surface area contributed by atoms with Crippen LogP contribution in [0.2, 0.25) is 0 Å². The molecular weight excluding hydrogens is 296 g/mol. The van der Waals surface area contributed by atoms with Gasteiger partial charge in [0.1, 0.15) is 0 Å². The van der Waals surface area contributed by atoms with Gasteiger partial charge in [0.05, 0.1) is 28.6 Å². The van der Waals surface area contributed by atoms with E-state index < -0.39 is 0 Å². The van der Waals surface area contributed by atoms with Gasteiger partial charge in [-0.05, 0) is 21.8 Å². The number of nitrogens with zero attached hydrogens (tertiary/aromatic N) is 2. The number of aromatic nitrogens is 1. The van der Waals surface area contributed by atoms with Crippen LogP contribution in [0.4, 0.5) is 11.4 Å². The molecule has 1 aromatic heterocycles. The zero-order valence-corrected chi connectivity index (χ0v) is 12.5. The Kier molecular flexibility index (Phi) is 5.40. The Morgan fingerprint density at radius 3 is 2.78 bits per heavy atom. The largest absolute Gasteiger partial charge is 0.396 e. The third kappa shape index (κ3) is 4.18. The maximum atomic E-state index is 11.7. The van der Waals surface area contributed by atoms with E-state index in [-0.39, 0.29) is 12.5 Å². The van der Waals surface area contributed by atoms with E-state index in [0.717, 1.165) is 10.2 Å². The second kappa shape index (κ2) is 6.58. The average molecular weight is 315 g/mol. The van der Waals surface area contributed by atoms with Crippen molar-refractivity contribution in [1.29, 1.82) is 0 Å². The molecule has 6 heteroatoms. The van der Waals surface area contributed by atoms with Crippen molar-refractivity contribution < 1.29 is 4.79 Å². The highest BCUT2D eigenvalue weighted by atomic mass is 79.9. The number of amides is 1. The summed E-state index contributed by atoms with van der Waals surface area (Å²) < 4.78 is 0.779. The quantitative estimate of drug-likeness (QED) is 0.866. The highest BCUT2D eigenvalue weighted by molar-refractivity contribution is 9.10. The van der Waals surface area contributed by atoms with E-state index in [1.165, 1.54) is 0 Å². The predicted molar refractivity (Wildman–Crippen MR) is 77.5 cm³/mol. The SMILES string of the molecule is CC(C)CNC(=O)CN(C)c1c(N)cncc1Br. The summed E-state index contributed by atoms with van der Waals surface area (Å²) in [5.74, 6) is 0.422. The van der Waals surface area contributed by atoms with Crippen molar-refractivity contribution in [1.82, 2.24) is 10.3 Å². The van der Waals surface area contributed by atoms with Gasteiger partial charge >= 0.3 is 0 Å². The van der Waals surface area contributed by atoms with Gasteiger partial charge in [-0.2, -0.15) is 0 Å². The lowest BCUT2D eigenvalue weighted by Crippen LogP contribution is -2.37. The zero-order chi connectivity index (χ0) is 13.7. The first-order valence-corrected chi connectivity index (χ1v) is 6.58. The summed E-state index contributed by atoms with van der Waals surface area (Å²) in [6.07, 6.45) is 3.23. The topological polar surface area (TPSA) is 71.2 Å². The van der Waals surface area contributed by atoms with Gasteiger partial charge < -0.3 is 16.0 Å². The molecule has 0 saturated heterocycles. The van der Waals surface area contributed by atoms with Crippen molar-refractivity contribution >= 4 is 33.2 Å². The normalized spacial score (nSPS) is 10.5. The minimum atomic E-state index is -0.0192. The summed E-state index contributed by atoms with van der Waals surface area (Å²) in [5, 5.41) is 2.87. The van der Waals surface area contributed by atoms with Crippen molar-refractivity contribution in [3.05, 3.63) is 16.9 Å². The number of carbonyl (C=O) groups excluding carboxylic acids is 1. The predicted octanol–water partition coefficient (Wildman–Crippen LogP) is 1.63. The molecule has 1 aromatic rings. The number of pyridine rings is 1. The van der Waals surface area contributed by atoms with Gasteiger partial charge in [-0.3, -0.25) is 9.78 Å². The number of rotatable bonds is 5. The molecular formula is C12H19BrN4O. The highest BCUT2D eigenvalue weighted by Crippen LogP contribution is 2.29. The lowest BCUT2D eigenvalue weighted by atomic mass is 10.2. The third-order valence-corrected chi connectivity index (χ3v) is 2.95. The van der Waals surface area contributed by atoms with Gasteiger partial charge in [-0.15, -0.1) is 0 Å². The van der Waals surface area contributed by atoms with Gasteiger partial charge in [0.2, 0.25) is 5.91 Å². The molecule has 0 saturated carbocycles. The van der Waals surface area contributed by atoms with E-state index >= 15 is 0 Å². The summed E-state index contributed by atoms with van der Waals surface area (Å²) in [4.78, 5) is 17.5. The molecule has 0 unspecified atom stereocenters. The summed E-state index contributed by atoms with van der Waals surface area (Å²) in [5.41, 5.74) is 7.18. The molecule has 1 heterocycles. The van der Waals surface area contributed by atoms with Crippen molar-refractivity contribution in [2.24, 2.45) is 5.92 Å². The van der Waals surface area contributed by atoms with E-state index in [1.54, 1.807) is 17.3 Å². The van der Waals surface area contributed by atoms with Gasteiger partial charge in [-0.25, -0.2) is 0 Å². The molecule has 0 bridgehead atoms. The smallest absolute Gasteiger partial charge is 0.239 e. The van der Waals surface area contributed by atoms with Crippen LogP contribution in [-0.2, 0) is 4.79 Å². The molecule has 18 heavy (non-hydrogen) atoms. The van der Waals surface area contributed by atoms with Crippen LogP contribution in [-0.4, -0.2) is 31.0 Å². The van der Waals surface area contributed by atoms with Crippen LogP contribution in [0.5, 0.6) is 0 Å². The number of nitrogens with two attached hydrogens (primary N) is 1. The second-order valence-corrected chi connectivity index (χ2v) is 5.47. The molecule has 0 aliphatic heterocycles. The fourth-order valence-corrected chi connectivity index (χ4v) is 2.16. The lowest BCUT2D eigenvalue weighted by Gasteiger charge is -2.21. The van der Waals surface area contributed by atoms with Crippen LogP contribution in [0.15, 0.2) is 16.9 Å². The average Bonchev–Trinajstić information content (AvgIpc) is 2.26. The number of hydrogen-bond donors (Lipinski definition) is 2. The number of carbonyl (C=O) groups is 1. The fourth-order valence-electron chi connectivity index (χ4n) is 1.51. The molecule has 0 atom stereocenters. The summed E-state index contributed by atoms with van der Waals surface area (Å²) >= 11 is 3.38. The summed E-state index contributed by atoms with van der Waals surface area (Å²) in [7, 11) is 1.82. The monoisotopic (exact) mass is 314 g/mol. The molecule has 0 aromatic carbocycles. The molecule has 0 fully saturated rings. The van der Waals surface area contributed by atoms with Gasteiger partial charge in [0.15, 0.2) is 0 Å². The van der Waals surface area contributed by atoms with Crippen LogP contribution in [0, 0.1) is 5.92 Å². The Labute approximate surface area is 116 Å². The standard InChI is InChI=1S/C12H19BrN4O/c1-8(2)4-16-11(18)7-17(3)12-9(13)5-15-6-10(12)14/h5-6,8H,4,7,14H2,1-3H3,(H,16,18). The Bertz CT molecular complexity index is 402. The highest BCUT2D eigenvalue weighted by Gasteiger charge is 2.13. The van der Waals surface area contributed by atoms with E-state index in [9.17, 15) is 4.79 Å². The van der Waals surface area contributed by atoms with Crippen LogP contribution in [0.1, 0.15) is 13.8 Å². The van der Waals surface area contributed by atoms with E-state index in [4.69, 9.17) is 5.73 Å². The Balaban J connectivity index is 2.65. The van der Waals surface area contributed by atoms with Gasteiger partial charge in [0.25, 0.3) is 0 Å². The molecule has 3 N–H and O–H groups in total. The van der Waals surface area contributed by atoms with Crippen LogP contribution >= 0.6 is 15.9 Å². The number of nitrogen functional groups attached to an aromatic ring is 1. The number of likely N-dealkylation sites (N-methyl/N-ethyl adjacent to an activating group) is 1. The second-order valence-electron chi connectivity index (χ2n) is 4.61. The van der Waals surface area contributed by atoms with Gasteiger partial charge in [0, 0.05) is 19.8 Å². The first-order valence-electron chi connectivity index (χ1n) is 5.78. The Morgan fingerprint density at radius 1 is 1.56 bits per heavy atom. The molecule has 0 aliphatic carbocycles. The fraction of sp³-hybridized carbons (Fsp3) is 0.500. The molecule has 1 rings (SSSR count). The maximum Gasteiger partial charge on any atom is 0.239 e.